The quantitative estimate of drug-likeness (QED) is 0.834. The van der Waals surface area contributed by atoms with Crippen LogP contribution in [0.15, 0.2) is 21.4 Å². The highest BCUT2D eigenvalue weighted by Gasteiger charge is 2.26. The van der Waals surface area contributed by atoms with Gasteiger partial charge in [-0.25, -0.2) is 0 Å². The Balaban J connectivity index is 2.04. The third kappa shape index (κ3) is 2.92. The lowest BCUT2D eigenvalue weighted by atomic mass is 9.86. The average Bonchev–Trinajstić information content (AvgIpc) is 2.74. The lowest BCUT2D eigenvalue weighted by Gasteiger charge is -2.33. The molecule has 0 radical (unpaired) electrons. The van der Waals surface area contributed by atoms with Gasteiger partial charge in [-0.1, -0.05) is 19.8 Å². The number of hydrogen-bond acceptors (Lipinski definition) is 2. The smallest absolute Gasteiger partial charge is 0.257 e. The fourth-order valence-electron chi connectivity index (χ4n) is 2.55. The van der Waals surface area contributed by atoms with E-state index in [0.29, 0.717) is 16.3 Å². The molecular weight excluding hydrogens is 282 g/mol. The van der Waals surface area contributed by atoms with Crippen molar-refractivity contribution in [3.05, 3.63) is 22.6 Å². The number of carbonyl (C=O) groups excluding carboxylic acids is 1. The van der Waals surface area contributed by atoms with E-state index in [0.717, 1.165) is 18.8 Å². The summed E-state index contributed by atoms with van der Waals surface area (Å²) in [6, 6.07) is 2.10. The van der Waals surface area contributed by atoms with Gasteiger partial charge in [-0.05, 0) is 34.7 Å². The molecule has 1 aliphatic rings. The molecular formula is C13H18BrNO2. The van der Waals surface area contributed by atoms with Crippen molar-refractivity contribution in [1.82, 2.24) is 4.90 Å². The molecule has 4 heteroatoms. The maximum atomic E-state index is 12.2. The standard InChI is InChI=1S/C13H18BrNO2/c1-9-4-3-5-11(6-9)15(2)13(16)10-7-12(14)17-8-10/h7-9,11H,3-6H2,1-2H3. The molecule has 1 aromatic heterocycles. The average molecular weight is 300 g/mol. The monoisotopic (exact) mass is 299 g/mol. The summed E-state index contributed by atoms with van der Waals surface area (Å²) >= 11 is 3.22. The first-order valence-electron chi connectivity index (χ1n) is 6.09. The van der Waals surface area contributed by atoms with E-state index in [1.54, 1.807) is 6.07 Å². The van der Waals surface area contributed by atoms with Crippen LogP contribution in [-0.2, 0) is 0 Å². The summed E-state index contributed by atoms with van der Waals surface area (Å²) in [4.78, 5) is 14.1. The lowest BCUT2D eigenvalue weighted by Crippen LogP contribution is -2.39. The van der Waals surface area contributed by atoms with E-state index in [4.69, 9.17) is 4.42 Å². The molecule has 1 amide bonds. The number of amides is 1. The molecule has 1 heterocycles. The van der Waals surface area contributed by atoms with E-state index in [2.05, 4.69) is 22.9 Å². The van der Waals surface area contributed by atoms with Gasteiger partial charge in [-0.3, -0.25) is 4.79 Å². The second-order valence-corrected chi connectivity index (χ2v) is 5.76. The van der Waals surface area contributed by atoms with Crippen molar-refractivity contribution in [2.45, 2.75) is 38.6 Å². The van der Waals surface area contributed by atoms with Gasteiger partial charge >= 0.3 is 0 Å². The van der Waals surface area contributed by atoms with Crippen LogP contribution >= 0.6 is 15.9 Å². The molecule has 1 saturated carbocycles. The molecule has 0 saturated heterocycles. The number of halogens is 1. The van der Waals surface area contributed by atoms with Crippen molar-refractivity contribution in [3.63, 3.8) is 0 Å². The molecule has 0 aliphatic heterocycles. The van der Waals surface area contributed by atoms with Gasteiger partial charge in [0.05, 0.1) is 5.56 Å². The largest absolute Gasteiger partial charge is 0.457 e. The van der Waals surface area contributed by atoms with Crippen molar-refractivity contribution in [3.8, 4) is 0 Å². The second kappa shape index (κ2) is 5.25. The number of furan rings is 1. The minimum atomic E-state index is 0.0542. The van der Waals surface area contributed by atoms with Crippen LogP contribution in [0.2, 0.25) is 0 Å². The predicted molar refractivity (Wildman–Crippen MR) is 69.9 cm³/mol. The summed E-state index contributed by atoms with van der Waals surface area (Å²) < 4.78 is 5.72. The molecule has 0 spiro atoms. The summed E-state index contributed by atoms with van der Waals surface area (Å²) in [5.74, 6) is 0.777. The van der Waals surface area contributed by atoms with Crippen LogP contribution in [0.4, 0.5) is 0 Å². The van der Waals surface area contributed by atoms with E-state index >= 15 is 0 Å². The van der Waals surface area contributed by atoms with Crippen molar-refractivity contribution < 1.29 is 9.21 Å². The lowest BCUT2D eigenvalue weighted by molar-refractivity contribution is 0.0671. The zero-order valence-electron chi connectivity index (χ0n) is 10.3. The first-order chi connectivity index (χ1) is 8.08. The van der Waals surface area contributed by atoms with Gasteiger partial charge in [-0.2, -0.15) is 0 Å². The number of carbonyl (C=O) groups is 1. The van der Waals surface area contributed by atoms with Crippen LogP contribution in [0.3, 0.4) is 0 Å². The first kappa shape index (κ1) is 12.7. The van der Waals surface area contributed by atoms with E-state index in [1.165, 1.54) is 19.1 Å². The van der Waals surface area contributed by atoms with Gasteiger partial charge in [-0.15, -0.1) is 0 Å². The molecule has 2 atom stereocenters. The minimum Gasteiger partial charge on any atom is -0.457 e. The van der Waals surface area contributed by atoms with Crippen molar-refractivity contribution in [2.24, 2.45) is 5.92 Å². The Morgan fingerprint density at radius 1 is 1.53 bits per heavy atom. The molecule has 2 unspecified atom stereocenters. The fourth-order valence-corrected chi connectivity index (χ4v) is 2.89. The summed E-state index contributed by atoms with van der Waals surface area (Å²) in [7, 11) is 1.89. The van der Waals surface area contributed by atoms with Crippen LogP contribution in [0.1, 0.15) is 43.0 Å². The van der Waals surface area contributed by atoms with E-state index in [-0.39, 0.29) is 5.91 Å². The highest BCUT2D eigenvalue weighted by molar-refractivity contribution is 9.10. The van der Waals surface area contributed by atoms with Crippen molar-refractivity contribution >= 4 is 21.8 Å². The minimum absolute atomic E-state index is 0.0542. The van der Waals surface area contributed by atoms with Crippen LogP contribution in [0, 0.1) is 5.92 Å². The maximum Gasteiger partial charge on any atom is 0.257 e. The third-order valence-electron chi connectivity index (χ3n) is 3.59. The molecule has 1 aromatic rings. The van der Waals surface area contributed by atoms with Crippen molar-refractivity contribution in [1.29, 1.82) is 0 Å². The zero-order chi connectivity index (χ0) is 12.4. The molecule has 2 rings (SSSR count). The molecule has 0 bridgehead atoms. The van der Waals surface area contributed by atoms with Crippen LogP contribution < -0.4 is 0 Å². The third-order valence-corrected chi connectivity index (χ3v) is 4.01. The van der Waals surface area contributed by atoms with Gasteiger partial charge in [0.1, 0.15) is 6.26 Å². The van der Waals surface area contributed by atoms with E-state index in [1.807, 2.05) is 11.9 Å². The second-order valence-electron chi connectivity index (χ2n) is 4.98. The highest BCUT2D eigenvalue weighted by Crippen LogP contribution is 2.27. The highest BCUT2D eigenvalue weighted by atomic mass is 79.9. The molecule has 94 valence electrons. The Morgan fingerprint density at radius 3 is 2.88 bits per heavy atom. The Morgan fingerprint density at radius 2 is 2.29 bits per heavy atom. The molecule has 0 aromatic carbocycles. The molecule has 17 heavy (non-hydrogen) atoms. The topological polar surface area (TPSA) is 33.5 Å². The SMILES string of the molecule is CC1CCCC(N(C)C(=O)c2coc(Br)c2)C1. The van der Waals surface area contributed by atoms with Gasteiger partial charge in [0.25, 0.3) is 5.91 Å². The van der Waals surface area contributed by atoms with E-state index in [9.17, 15) is 4.79 Å². The normalized spacial score (nSPS) is 24.6. The van der Waals surface area contributed by atoms with E-state index < -0.39 is 0 Å². The van der Waals surface area contributed by atoms with Gasteiger partial charge < -0.3 is 9.32 Å². The Kier molecular flexibility index (Phi) is 3.92. The Bertz CT molecular complexity index is 402. The molecule has 3 nitrogen and oxygen atoms in total. The van der Waals surface area contributed by atoms with Crippen LogP contribution in [-0.4, -0.2) is 23.9 Å². The summed E-state index contributed by atoms with van der Waals surface area (Å²) in [6.07, 6.45) is 6.25. The van der Waals surface area contributed by atoms with Crippen LogP contribution in [0.25, 0.3) is 0 Å². The first-order valence-corrected chi connectivity index (χ1v) is 6.88. The molecule has 1 fully saturated rings. The molecule has 0 N–H and O–H groups in total. The van der Waals surface area contributed by atoms with Gasteiger partial charge in [0, 0.05) is 19.2 Å². The van der Waals surface area contributed by atoms with Crippen LogP contribution in [0.5, 0.6) is 0 Å². The summed E-state index contributed by atoms with van der Waals surface area (Å²) in [5.41, 5.74) is 0.623. The van der Waals surface area contributed by atoms with Gasteiger partial charge in [0.2, 0.25) is 0 Å². The Hall–Kier alpha value is -0.770. The number of rotatable bonds is 2. The summed E-state index contributed by atoms with van der Waals surface area (Å²) in [5, 5.41) is 0. The zero-order valence-corrected chi connectivity index (χ0v) is 11.9. The van der Waals surface area contributed by atoms with Crippen molar-refractivity contribution in [2.75, 3.05) is 7.05 Å². The number of hydrogen-bond donors (Lipinski definition) is 0. The number of nitrogens with zero attached hydrogens (tertiary/aromatic N) is 1. The fraction of sp³-hybridized carbons (Fsp3) is 0.615. The molecule has 1 aliphatic carbocycles. The maximum absolute atomic E-state index is 12.2. The summed E-state index contributed by atoms with van der Waals surface area (Å²) in [6.45, 7) is 2.26. The van der Waals surface area contributed by atoms with Gasteiger partial charge in [0.15, 0.2) is 4.67 Å². The Labute approximate surface area is 110 Å². The predicted octanol–water partition coefficient (Wildman–Crippen LogP) is 3.69.